The largest absolute Gasteiger partial charge is 0.380 e. The molecule has 15 heavy (non-hydrogen) atoms. The molecule has 5 heteroatoms. The van der Waals surface area contributed by atoms with Crippen molar-refractivity contribution in [2.24, 2.45) is 0 Å². The van der Waals surface area contributed by atoms with E-state index in [4.69, 9.17) is 4.74 Å². The van der Waals surface area contributed by atoms with Crippen LogP contribution in [0.2, 0.25) is 0 Å². The number of carbonyl (C=O) groups is 1. The number of rotatable bonds is 4. The molecule has 0 aromatic heterocycles. The van der Waals surface area contributed by atoms with Gasteiger partial charge in [0.25, 0.3) is 0 Å². The van der Waals surface area contributed by atoms with E-state index in [2.05, 4.69) is 5.32 Å². The van der Waals surface area contributed by atoms with E-state index in [-0.39, 0.29) is 18.8 Å². The summed E-state index contributed by atoms with van der Waals surface area (Å²) in [6.07, 6.45) is 2.50. The number of hydrogen-bond acceptors (Lipinski definition) is 2. The molecule has 0 aromatic carbocycles. The molecule has 0 bridgehead atoms. The Bertz CT molecular complexity index is 202. The van der Waals surface area contributed by atoms with Crippen molar-refractivity contribution < 1.29 is 13.9 Å². The molecule has 1 aliphatic rings. The van der Waals surface area contributed by atoms with Gasteiger partial charge < -0.3 is 15.0 Å². The molecule has 2 amide bonds. The first kappa shape index (κ1) is 12.2. The van der Waals surface area contributed by atoms with Crippen molar-refractivity contribution in [1.82, 2.24) is 10.2 Å². The lowest BCUT2D eigenvalue weighted by atomic mass is 10.1. The topological polar surface area (TPSA) is 41.6 Å². The first-order valence-electron chi connectivity index (χ1n) is 5.39. The molecular formula is C10H19FN2O2. The van der Waals surface area contributed by atoms with Crippen molar-refractivity contribution in [1.29, 1.82) is 0 Å². The van der Waals surface area contributed by atoms with Gasteiger partial charge in [0.2, 0.25) is 0 Å². The third-order valence-electron chi connectivity index (χ3n) is 2.59. The summed E-state index contributed by atoms with van der Waals surface area (Å²) in [6, 6.07) is -0.106. The fourth-order valence-corrected chi connectivity index (χ4v) is 1.69. The Kier molecular flexibility index (Phi) is 5.39. The fourth-order valence-electron chi connectivity index (χ4n) is 1.69. The Morgan fingerprint density at radius 1 is 1.67 bits per heavy atom. The van der Waals surface area contributed by atoms with Crippen molar-refractivity contribution in [3.63, 3.8) is 0 Å². The number of likely N-dealkylation sites (tertiary alicyclic amines) is 1. The Labute approximate surface area is 89.8 Å². The highest BCUT2D eigenvalue weighted by Gasteiger charge is 2.22. The third kappa shape index (κ3) is 4.03. The minimum Gasteiger partial charge on any atom is -0.380 e. The van der Waals surface area contributed by atoms with Crippen LogP contribution in [0.1, 0.15) is 19.3 Å². The van der Waals surface area contributed by atoms with Crippen molar-refractivity contribution in [3.05, 3.63) is 0 Å². The molecule has 4 nitrogen and oxygen atoms in total. The first-order valence-corrected chi connectivity index (χ1v) is 5.39. The highest BCUT2D eigenvalue weighted by Crippen LogP contribution is 2.12. The van der Waals surface area contributed by atoms with Gasteiger partial charge in [0, 0.05) is 26.7 Å². The van der Waals surface area contributed by atoms with Crippen LogP contribution in [0.25, 0.3) is 0 Å². The lowest BCUT2D eigenvalue weighted by molar-refractivity contribution is 0.0435. The number of piperidine rings is 1. The van der Waals surface area contributed by atoms with Crippen LogP contribution in [0.3, 0.4) is 0 Å². The summed E-state index contributed by atoms with van der Waals surface area (Å²) in [4.78, 5) is 13.3. The molecule has 1 fully saturated rings. The maximum Gasteiger partial charge on any atom is 0.317 e. The Morgan fingerprint density at radius 3 is 3.13 bits per heavy atom. The molecule has 0 spiro atoms. The van der Waals surface area contributed by atoms with E-state index in [9.17, 15) is 9.18 Å². The van der Waals surface area contributed by atoms with Crippen LogP contribution in [0.4, 0.5) is 9.18 Å². The number of carbonyl (C=O) groups excluding carboxylic acids is 1. The number of urea groups is 1. The van der Waals surface area contributed by atoms with E-state index in [1.165, 1.54) is 0 Å². The maximum absolute atomic E-state index is 11.8. The number of nitrogens with one attached hydrogen (secondary N) is 1. The quantitative estimate of drug-likeness (QED) is 0.720. The van der Waals surface area contributed by atoms with Crippen LogP contribution < -0.4 is 5.32 Å². The highest BCUT2D eigenvalue weighted by atomic mass is 19.1. The normalized spacial score (nSPS) is 21.5. The predicted octanol–water partition coefficient (Wildman–Crippen LogP) is 1.17. The van der Waals surface area contributed by atoms with Gasteiger partial charge in [-0.1, -0.05) is 0 Å². The molecule has 0 unspecified atom stereocenters. The summed E-state index contributed by atoms with van der Waals surface area (Å²) in [7, 11) is 1.66. The number of amides is 2. The number of hydrogen-bond donors (Lipinski definition) is 1. The van der Waals surface area contributed by atoms with E-state index in [0.717, 1.165) is 19.4 Å². The van der Waals surface area contributed by atoms with E-state index in [0.29, 0.717) is 19.5 Å². The summed E-state index contributed by atoms with van der Waals surface area (Å²) in [5, 5.41) is 2.69. The van der Waals surface area contributed by atoms with E-state index in [1.54, 1.807) is 12.0 Å². The van der Waals surface area contributed by atoms with Gasteiger partial charge in [-0.3, -0.25) is 4.39 Å². The minimum atomic E-state index is -0.388. The molecule has 1 saturated heterocycles. The van der Waals surface area contributed by atoms with Crippen LogP contribution in [-0.2, 0) is 4.74 Å². The lowest BCUT2D eigenvalue weighted by Crippen LogP contribution is -2.47. The van der Waals surface area contributed by atoms with Crippen LogP contribution in [0, 0.1) is 0 Å². The second kappa shape index (κ2) is 6.61. The van der Waals surface area contributed by atoms with Gasteiger partial charge in [-0.25, -0.2) is 4.79 Å². The zero-order valence-corrected chi connectivity index (χ0v) is 9.17. The number of methoxy groups -OCH3 is 1. The fraction of sp³-hybridized carbons (Fsp3) is 0.900. The number of ether oxygens (including phenoxy) is 1. The van der Waals surface area contributed by atoms with Gasteiger partial charge >= 0.3 is 6.03 Å². The van der Waals surface area contributed by atoms with Gasteiger partial charge in [-0.05, 0) is 19.3 Å². The van der Waals surface area contributed by atoms with Gasteiger partial charge in [0.1, 0.15) is 0 Å². The molecule has 1 rings (SSSR count). The zero-order chi connectivity index (χ0) is 11.1. The molecule has 1 aliphatic heterocycles. The lowest BCUT2D eigenvalue weighted by Gasteiger charge is -2.31. The molecule has 88 valence electrons. The van der Waals surface area contributed by atoms with Gasteiger partial charge in [0.15, 0.2) is 0 Å². The molecule has 0 radical (unpaired) electrons. The monoisotopic (exact) mass is 218 g/mol. The van der Waals surface area contributed by atoms with Crippen LogP contribution >= 0.6 is 0 Å². The Balaban J connectivity index is 2.25. The van der Waals surface area contributed by atoms with Crippen molar-refractivity contribution in [2.75, 3.05) is 33.4 Å². The second-order valence-corrected chi connectivity index (χ2v) is 3.72. The SMILES string of the molecule is CO[C@H]1CCCN(C(=O)NCCCF)C1. The molecule has 1 N–H and O–H groups in total. The summed E-state index contributed by atoms with van der Waals surface area (Å²) in [6.45, 7) is 1.42. The van der Waals surface area contributed by atoms with Gasteiger partial charge in [-0.15, -0.1) is 0 Å². The standard InChI is InChI=1S/C10H19FN2O2/c1-15-9-4-2-7-13(8-9)10(14)12-6-3-5-11/h9H,2-8H2,1H3,(H,12,14)/t9-/m0/s1. The molecule has 0 aromatic rings. The molecular weight excluding hydrogens is 199 g/mol. The predicted molar refractivity (Wildman–Crippen MR) is 55.6 cm³/mol. The number of alkyl halides is 1. The minimum absolute atomic E-state index is 0.106. The molecule has 0 aliphatic carbocycles. The summed E-state index contributed by atoms with van der Waals surface area (Å²) in [5.74, 6) is 0. The number of halogens is 1. The van der Waals surface area contributed by atoms with Crippen molar-refractivity contribution in [3.8, 4) is 0 Å². The molecule has 0 saturated carbocycles. The van der Waals surface area contributed by atoms with Crippen LogP contribution in [0.15, 0.2) is 0 Å². The van der Waals surface area contributed by atoms with E-state index < -0.39 is 0 Å². The summed E-state index contributed by atoms with van der Waals surface area (Å²) < 4.78 is 17.0. The molecule has 1 atom stereocenters. The molecule has 1 heterocycles. The van der Waals surface area contributed by atoms with Crippen molar-refractivity contribution >= 4 is 6.03 Å². The van der Waals surface area contributed by atoms with Crippen LogP contribution in [-0.4, -0.2) is 50.5 Å². The summed E-state index contributed by atoms with van der Waals surface area (Å²) in [5.41, 5.74) is 0. The summed E-state index contributed by atoms with van der Waals surface area (Å²) >= 11 is 0. The highest BCUT2D eigenvalue weighted by molar-refractivity contribution is 5.74. The van der Waals surface area contributed by atoms with Gasteiger partial charge in [-0.2, -0.15) is 0 Å². The Hall–Kier alpha value is -0.840. The van der Waals surface area contributed by atoms with Crippen molar-refractivity contribution in [2.45, 2.75) is 25.4 Å². The smallest absolute Gasteiger partial charge is 0.317 e. The van der Waals surface area contributed by atoms with Crippen LogP contribution in [0.5, 0.6) is 0 Å². The average molecular weight is 218 g/mol. The van der Waals surface area contributed by atoms with E-state index >= 15 is 0 Å². The zero-order valence-electron chi connectivity index (χ0n) is 9.17. The first-order chi connectivity index (χ1) is 7.27. The Morgan fingerprint density at radius 2 is 2.47 bits per heavy atom. The number of nitrogens with zero attached hydrogens (tertiary/aromatic N) is 1. The third-order valence-corrected chi connectivity index (χ3v) is 2.59. The second-order valence-electron chi connectivity index (χ2n) is 3.72. The maximum atomic E-state index is 11.8. The average Bonchev–Trinajstić information content (AvgIpc) is 2.29. The van der Waals surface area contributed by atoms with Gasteiger partial charge in [0.05, 0.1) is 12.8 Å². The van der Waals surface area contributed by atoms with E-state index in [1.807, 2.05) is 0 Å².